The minimum absolute atomic E-state index is 0.115. The summed E-state index contributed by atoms with van der Waals surface area (Å²) in [6.07, 6.45) is -4.88. The van der Waals surface area contributed by atoms with Crippen LogP contribution >= 0.6 is 0 Å². The molecule has 3 N–H and O–H groups in total. The van der Waals surface area contributed by atoms with Crippen molar-refractivity contribution < 1.29 is 27.9 Å². The van der Waals surface area contributed by atoms with Gasteiger partial charge in [0.2, 0.25) is 0 Å². The quantitative estimate of drug-likeness (QED) is 0.516. The Labute approximate surface area is 181 Å². The van der Waals surface area contributed by atoms with Crippen LogP contribution in [0.4, 0.5) is 18.0 Å². The Morgan fingerprint density at radius 2 is 1.47 bits per heavy atom. The number of hydrogen-bond donors (Lipinski definition) is 3. The van der Waals surface area contributed by atoms with Gasteiger partial charge in [0.1, 0.15) is 0 Å². The molecule has 5 nitrogen and oxygen atoms in total. The molecule has 0 saturated carbocycles. The first-order chi connectivity index (χ1) is 15.3. The third kappa shape index (κ3) is 4.07. The Morgan fingerprint density at radius 1 is 0.875 bits per heavy atom. The number of carbonyl (C=O) groups is 2. The van der Waals surface area contributed by atoms with Gasteiger partial charge in [-0.05, 0) is 28.8 Å². The van der Waals surface area contributed by atoms with Gasteiger partial charge in [-0.25, -0.2) is 9.59 Å². The van der Waals surface area contributed by atoms with Gasteiger partial charge in [0.05, 0.1) is 22.9 Å². The van der Waals surface area contributed by atoms with E-state index in [2.05, 4.69) is 10.6 Å². The molecule has 3 aromatic rings. The lowest BCUT2D eigenvalue weighted by Crippen LogP contribution is -2.43. The maximum atomic E-state index is 13.6. The Kier molecular flexibility index (Phi) is 5.44. The lowest BCUT2D eigenvalue weighted by Gasteiger charge is -2.31. The first-order valence-electron chi connectivity index (χ1n) is 9.62. The molecule has 32 heavy (non-hydrogen) atoms. The number of rotatable bonds is 4. The fourth-order valence-corrected chi connectivity index (χ4v) is 3.74. The second-order valence-electron chi connectivity index (χ2n) is 7.16. The van der Waals surface area contributed by atoms with Crippen LogP contribution in [0.1, 0.15) is 38.7 Å². The molecule has 1 aliphatic heterocycles. The number of carbonyl (C=O) groups excluding carboxylic acids is 1. The predicted molar refractivity (Wildman–Crippen MR) is 113 cm³/mol. The van der Waals surface area contributed by atoms with Crippen LogP contribution in [0.5, 0.6) is 0 Å². The van der Waals surface area contributed by atoms with Gasteiger partial charge in [-0.2, -0.15) is 13.2 Å². The van der Waals surface area contributed by atoms with Crippen LogP contribution in [0, 0.1) is 0 Å². The van der Waals surface area contributed by atoms with E-state index < -0.39 is 35.3 Å². The zero-order chi connectivity index (χ0) is 22.9. The summed E-state index contributed by atoms with van der Waals surface area (Å²) in [5.41, 5.74) is 0.390. The molecule has 0 spiro atoms. The van der Waals surface area contributed by atoms with Crippen LogP contribution < -0.4 is 10.6 Å². The monoisotopic (exact) mass is 438 g/mol. The van der Waals surface area contributed by atoms with E-state index in [-0.39, 0.29) is 5.56 Å². The normalized spacial score (nSPS) is 16.3. The van der Waals surface area contributed by atoms with Gasteiger partial charge >= 0.3 is 18.2 Å². The van der Waals surface area contributed by atoms with Gasteiger partial charge < -0.3 is 15.7 Å². The SMILES string of the molecule is O=C1NC(c2ccccc2)=C(c2ccccc2)C(c2ccc(C(=O)O)c(C(F)(F)F)c2)N1. The highest BCUT2D eigenvalue weighted by molar-refractivity contribution is 6.03. The molecule has 162 valence electrons. The maximum Gasteiger partial charge on any atom is 0.417 e. The average molecular weight is 438 g/mol. The lowest BCUT2D eigenvalue weighted by molar-refractivity contribution is -0.138. The minimum Gasteiger partial charge on any atom is -0.478 e. The number of nitrogens with one attached hydrogen (secondary N) is 2. The van der Waals surface area contributed by atoms with E-state index in [9.17, 15) is 27.9 Å². The topological polar surface area (TPSA) is 78.4 Å². The Bertz CT molecular complexity index is 1210. The zero-order valence-corrected chi connectivity index (χ0v) is 16.5. The third-order valence-corrected chi connectivity index (χ3v) is 5.13. The molecule has 2 amide bonds. The molecule has 1 unspecified atom stereocenters. The zero-order valence-electron chi connectivity index (χ0n) is 16.5. The standard InChI is InChI=1S/C24H17F3N2O3/c25-24(26,27)18-13-16(11-12-17(18)22(30)31)21-19(14-7-3-1-4-8-14)20(28-23(32)29-21)15-9-5-2-6-10-15/h1-13,21H,(H,30,31)(H2,28,29,32). The molecule has 8 heteroatoms. The summed E-state index contributed by atoms with van der Waals surface area (Å²) >= 11 is 0. The van der Waals surface area contributed by atoms with Crippen LogP contribution in [-0.2, 0) is 6.18 Å². The molecule has 0 aliphatic carbocycles. The van der Waals surface area contributed by atoms with Crippen LogP contribution in [0.2, 0.25) is 0 Å². The molecule has 0 radical (unpaired) electrons. The van der Waals surface area contributed by atoms with Gasteiger partial charge in [-0.1, -0.05) is 66.7 Å². The van der Waals surface area contributed by atoms with Gasteiger partial charge in [0.15, 0.2) is 0 Å². The van der Waals surface area contributed by atoms with Crippen LogP contribution in [0.15, 0.2) is 78.9 Å². The number of carboxylic acids is 1. The summed E-state index contributed by atoms with van der Waals surface area (Å²) in [5, 5.41) is 14.7. The van der Waals surface area contributed by atoms with Crippen molar-refractivity contribution in [2.75, 3.05) is 0 Å². The molecule has 1 atom stereocenters. The third-order valence-electron chi connectivity index (χ3n) is 5.13. The fourth-order valence-electron chi connectivity index (χ4n) is 3.74. The Morgan fingerprint density at radius 3 is 2.03 bits per heavy atom. The average Bonchev–Trinajstić information content (AvgIpc) is 2.78. The number of urea groups is 1. The highest BCUT2D eigenvalue weighted by Crippen LogP contribution is 2.40. The van der Waals surface area contributed by atoms with Crippen molar-refractivity contribution >= 4 is 23.3 Å². The lowest BCUT2D eigenvalue weighted by atomic mass is 9.86. The van der Waals surface area contributed by atoms with E-state index >= 15 is 0 Å². The summed E-state index contributed by atoms with van der Waals surface area (Å²) in [4.78, 5) is 23.8. The first kappa shape index (κ1) is 21.2. The fraction of sp³-hybridized carbons (Fsp3) is 0.0833. The highest BCUT2D eigenvalue weighted by atomic mass is 19.4. The van der Waals surface area contributed by atoms with Crippen molar-refractivity contribution in [3.63, 3.8) is 0 Å². The molecule has 1 heterocycles. The van der Waals surface area contributed by atoms with Crippen molar-refractivity contribution in [2.45, 2.75) is 12.2 Å². The van der Waals surface area contributed by atoms with Crippen molar-refractivity contribution in [1.29, 1.82) is 0 Å². The summed E-state index contributed by atoms with van der Waals surface area (Å²) in [6.45, 7) is 0. The second-order valence-corrected chi connectivity index (χ2v) is 7.16. The van der Waals surface area contributed by atoms with Crippen molar-refractivity contribution in [3.8, 4) is 0 Å². The van der Waals surface area contributed by atoms with E-state index in [1.165, 1.54) is 6.07 Å². The molecule has 0 bridgehead atoms. The number of aromatic carboxylic acids is 1. The van der Waals surface area contributed by atoms with Crippen molar-refractivity contribution in [3.05, 3.63) is 107 Å². The summed E-state index contributed by atoms with van der Waals surface area (Å²) in [7, 11) is 0. The molecular weight excluding hydrogens is 421 g/mol. The molecule has 0 aromatic heterocycles. The molecule has 0 fully saturated rings. The second kappa shape index (κ2) is 8.22. The Balaban J connectivity index is 1.96. The van der Waals surface area contributed by atoms with Crippen LogP contribution in [-0.4, -0.2) is 17.1 Å². The van der Waals surface area contributed by atoms with Gasteiger partial charge in [-0.3, -0.25) is 0 Å². The van der Waals surface area contributed by atoms with E-state index in [4.69, 9.17) is 0 Å². The van der Waals surface area contributed by atoms with Crippen molar-refractivity contribution in [2.24, 2.45) is 0 Å². The minimum atomic E-state index is -4.88. The van der Waals surface area contributed by atoms with Crippen LogP contribution in [0.25, 0.3) is 11.3 Å². The number of carboxylic acid groups (broad SMARTS) is 1. The number of halogens is 3. The van der Waals surface area contributed by atoms with Gasteiger partial charge in [0, 0.05) is 5.57 Å². The maximum absolute atomic E-state index is 13.6. The molecule has 1 aliphatic rings. The number of amides is 2. The van der Waals surface area contributed by atoms with E-state index in [0.717, 1.165) is 12.1 Å². The molecule has 3 aromatic carbocycles. The van der Waals surface area contributed by atoms with E-state index in [0.29, 0.717) is 22.4 Å². The largest absolute Gasteiger partial charge is 0.478 e. The smallest absolute Gasteiger partial charge is 0.417 e. The number of alkyl halides is 3. The summed E-state index contributed by atoms with van der Waals surface area (Å²) < 4.78 is 40.9. The van der Waals surface area contributed by atoms with Gasteiger partial charge in [-0.15, -0.1) is 0 Å². The highest BCUT2D eigenvalue weighted by Gasteiger charge is 2.37. The van der Waals surface area contributed by atoms with Crippen molar-refractivity contribution in [1.82, 2.24) is 10.6 Å². The van der Waals surface area contributed by atoms with Crippen LogP contribution in [0.3, 0.4) is 0 Å². The summed E-state index contributed by atoms with van der Waals surface area (Å²) in [5.74, 6) is -1.68. The number of benzene rings is 3. The first-order valence-corrected chi connectivity index (χ1v) is 9.62. The summed E-state index contributed by atoms with van der Waals surface area (Å²) in [6, 6.07) is 19.4. The van der Waals surface area contributed by atoms with E-state index in [1.54, 1.807) is 54.6 Å². The molecule has 4 rings (SSSR count). The molecule has 0 saturated heterocycles. The Hall–Kier alpha value is -4.07. The van der Waals surface area contributed by atoms with Gasteiger partial charge in [0.25, 0.3) is 0 Å². The molecular formula is C24H17F3N2O3. The van der Waals surface area contributed by atoms with E-state index in [1.807, 2.05) is 6.07 Å². The number of hydrogen-bond acceptors (Lipinski definition) is 2. The predicted octanol–water partition coefficient (Wildman–Crippen LogP) is 5.33.